The summed E-state index contributed by atoms with van der Waals surface area (Å²) in [7, 11) is 0. The Kier molecular flexibility index (Phi) is 6.83. The number of aromatic hydroxyl groups is 1. The van der Waals surface area contributed by atoms with Crippen LogP contribution in [0.15, 0.2) is 127 Å². The number of thiophene rings is 1. The summed E-state index contributed by atoms with van der Waals surface area (Å²) in [6.45, 7) is 0. The molecule has 0 saturated heterocycles. The molecule has 4 nitrogen and oxygen atoms in total. The fourth-order valence-electron chi connectivity index (χ4n) is 4.89. The molecule has 0 unspecified atom stereocenters. The third-order valence-electron chi connectivity index (χ3n) is 6.71. The molecule has 0 amide bonds. The molecule has 6 heteroatoms. The maximum Gasteiger partial charge on any atom is 0.148 e. The van der Waals surface area contributed by atoms with Crippen LogP contribution in [-0.4, -0.2) is 19.6 Å². The van der Waals surface area contributed by atoms with Gasteiger partial charge in [0, 0.05) is 43.5 Å². The van der Waals surface area contributed by atoms with Gasteiger partial charge in [-0.25, -0.2) is 4.98 Å². The van der Waals surface area contributed by atoms with Crippen molar-refractivity contribution in [3.05, 3.63) is 133 Å². The average molecular weight is 717 g/mol. The smallest absolute Gasteiger partial charge is 0.148 e. The summed E-state index contributed by atoms with van der Waals surface area (Å²) >= 11 is 1.64. The molecule has 7 rings (SSSR count). The van der Waals surface area contributed by atoms with Crippen LogP contribution >= 0.6 is 11.3 Å². The van der Waals surface area contributed by atoms with Crippen LogP contribution < -0.4 is 0 Å². The van der Waals surface area contributed by atoms with E-state index in [1.165, 1.54) is 0 Å². The van der Waals surface area contributed by atoms with E-state index in [0.717, 1.165) is 43.9 Å². The maximum atomic E-state index is 10.7. The number of fused-ring (bicyclic) bond motifs is 1. The molecule has 3 aromatic heterocycles. The number of rotatable bonds is 5. The van der Waals surface area contributed by atoms with E-state index in [0.29, 0.717) is 17.1 Å². The van der Waals surface area contributed by atoms with E-state index in [1.807, 2.05) is 102 Å². The molecule has 4 aromatic carbocycles. The van der Waals surface area contributed by atoms with Gasteiger partial charge in [-0.05, 0) is 53.4 Å². The molecule has 0 bridgehead atoms. The summed E-state index contributed by atoms with van der Waals surface area (Å²) < 4.78 is 10.4. The molecule has 0 aliphatic heterocycles. The number of phenolic OH excluding ortho intramolecular Hbond substituents is 1. The Labute approximate surface area is 251 Å². The quantitative estimate of drug-likeness (QED) is 0.182. The zero-order valence-electron chi connectivity index (χ0n) is 22.1. The van der Waals surface area contributed by atoms with Gasteiger partial charge in [0.15, 0.2) is 0 Å². The van der Waals surface area contributed by atoms with Gasteiger partial charge in [0.2, 0.25) is 0 Å². The minimum Gasteiger partial charge on any atom is -0.507 e. The zero-order chi connectivity index (χ0) is 27.1. The Morgan fingerprint density at radius 1 is 0.775 bits per heavy atom. The minimum absolute atomic E-state index is 0. The molecule has 0 aliphatic rings. The van der Waals surface area contributed by atoms with E-state index < -0.39 is 0 Å². The predicted molar refractivity (Wildman–Crippen MR) is 159 cm³/mol. The van der Waals surface area contributed by atoms with Crippen LogP contribution in [0.3, 0.4) is 0 Å². The molecular weight excluding hydrogens is 694 g/mol. The molecule has 40 heavy (non-hydrogen) atoms. The summed E-state index contributed by atoms with van der Waals surface area (Å²) in [5, 5.41) is 12.8. The van der Waals surface area contributed by atoms with Crippen LogP contribution in [0.5, 0.6) is 5.75 Å². The first kappa shape index (κ1) is 24.7. The Morgan fingerprint density at radius 2 is 1.55 bits per heavy atom. The van der Waals surface area contributed by atoms with E-state index in [4.69, 9.17) is 6.35 Å². The molecule has 196 valence electrons. The second-order valence-electron chi connectivity index (χ2n) is 9.12. The van der Waals surface area contributed by atoms with E-state index in [2.05, 4.69) is 21.7 Å². The molecule has 0 radical (unpaired) electrons. The fourth-order valence-corrected chi connectivity index (χ4v) is 5.60. The van der Waals surface area contributed by atoms with Gasteiger partial charge in [0.1, 0.15) is 11.6 Å². The van der Waals surface area contributed by atoms with Gasteiger partial charge in [-0.15, -0.1) is 41.2 Å². The van der Waals surface area contributed by atoms with E-state index in [1.54, 1.807) is 23.5 Å². The van der Waals surface area contributed by atoms with Crippen molar-refractivity contribution in [1.29, 1.82) is 0 Å². The molecule has 0 atom stereocenters. The summed E-state index contributed by atoms with van der Waals surface area (Å²) in [5.74, 6) is 0.833. The minimum atomic E-state index is 0. The molecule has 0 fully saturated rings. The van der Waals surface area contributed by atoms with Crippen molar-refractivity contribution < 1.29 is 27.5 Å². The summed E-state index contributed by atoms with van der Waals surface area (Å²) in [6.07, 6.45) is 0.218. The number of hydrogen-bond donors (Lipinski definition) is 1. The van der Waals surface area contributed by atoms with Gasteiger partial charge in [-0.2, -0.15) is 0 Å². The Morgan fingerprint density at radius 3 is 2.38 bits per heavy atom. The van der Waals surface area contributed by atoms with Crippen molar-refractivity contribution in [3.8, 4) is 55.6 Å². The van der Waals surface area contributed by atoms with Gasteiger partial charge in [0.05, 0.1) is 18.0 Å². The number of nitrogens with zero attached hydrogens (tertiary/aromatic N) is 3. The molecule has 7 aromatic rings. The van der Waals surface area contributed by atoms with E-state index in [-0.39, 0.29) is 33.0 Å². The number of aromatic nitrogens is 3. The molecule has 0 spiro atoms. The number of benzene rings is 4. The van der Waals surface area contributed by atoms with Gasteiger partial charge < -0.3 is 5.11 Å². The third-order valence-corrected chi connectivity index (χ3v) is 7.63. The van der Waals surface area contributed by atoms with Crippen LogP contribution in [0.2, 0.25) is 0 Å². The molecule has 0 saturated carbocycles. The second-order valence-corrected chi connectivity index (χ2v) is 10.1. The monoisotopic (exact) mass is 716 g/mol. The number of para-hydroxylation sites is 3. The van der Waals surface area contributed by atoms with Crippen molar-refractivity contribution in [2.75, 3.05) is 0 Å². The number of imidazole rings is 1. The first-order valence-electron chi connectivity index (χ1n) is 13.1. The van der Waals surface area contributed by atoms with Crippen molar-refractivity contribution in [1.82, 2.24) is 14.5 Å². The largest absolute Gasteiger partial charge is 0.507 e. The van der Waals surface area contributed by atoms with Crippen molar-refractivity contribution in [2.24, 2.45) is 0 Å². The Balaban J connectivity index is 0.00000302. The van der Waals surface area contributed by atoms with Crippen molar-refractivity contribution >= 4 is 22.4 Å². The third kappa shape index (κ3) is 4.68. The van der Waals surface area contributed by atoms with E-state index >= 15 is 0 Å². The number of pyridine rings is 1. The maximum absolute atomic E-state index is 10.7. The van der Waals surface area contributed by atoms with E-state index in [9.17, 15) is 5.11 Å². The Hall–Kier alpha value is -4.31. The molecule has 0 aliphatic carbocycles. The van der Waals surface area contributed by atoms with Gasteiger partial charge >= 0.3 is 0 Å². The van der Waals surface area contributed by atoms with Gasteiger partial charge in [-0.3, -0.25) is 9.55 Å². The van der Waals surface area contributed by atoms with Gasteiger partial charge in [0.25, 0.3) is 0 Å². The fraction of sp³-hybridized carbons (Fsp3) is 0. The van der Waals surface area contributed by atoms with Crippen LogP contribution in [0, 0.1) is 6.07 Å². The van der Waals surface area contributed by atoms with Crippen LogP contribution in [0.4, 0.5) is 0 Å². The van der Waals surface area contributed by atoms with Crippen LogP contribution in [0.1, 0.15) is 1.37 Å². The number of hydrogen-bond acceptors (Lipinski definition) is 4. The molecule has 1 N–H and O–H groups in total. The molecular formula is C34H22N3OPtS-. The number of phenols is 1. The molecule has 3 heterocycles. The normalized spacial score (nSPS) is 11.2. The summed E-state index contributed by atoms with van der Waals surface area (Å²) in [4.78, 5) is 10.7. The standard InChI is InChI=1S/C34H22N3OS.Pt/c38-31-16-5-4-13-28(31)34-36-33-27(14-7-15-30(33)37(34)26-11-2-1-3-12-26)23-9-6-10-24(21-23)29-22-25(18-19-35-29)32-17-8-20-39-32;/h1-20,22,38H;/q-1;/i19D;. The SMILES string of the molecule is [2H]c1cc(-c2cccs2)cc(-c2[c-]c(-c3cccc4c3nc(-c3ccccc3O)n4-c3ccccc3)ccc2)n1.[Pt]. The Bertz CT molecular complexity index is 1990. The van der Waals surface area contributed by atoms with Gasteiger partial charge in [-0.1, -0.05) is 65.7 Å². The predicted octanol–water partition coefficient (Wildman–Crippen LogP) is 8.65. The van der Waals surface area contributed by atoms with Crippen molar-refractivity contribution in [3.63, 3.8) is 0 Å². The second kappa shape index (κ2) is 11.1. The van der Waals surface area contributed by atoms with Crippen LogP contribution in [-0.2, 0) is 21.1 Å². The first-order valence-corrected chi connectivity index (χ1v) is 13.4. The summed E-state index contributed by atoms with van der Waals surface area (Å²) in [6, 6.07) is 40.8. The topological polar surface area (TPSA) is 50.9 Å². The zero-order valence-corrected chi connectivity index (χ0v) is 24.1. The average Bonchev–Trinajstić information content (AvgIpc) is 3.66. The summed E-state index contributed by atoms with van der Waals surface area (Å²) in [5.41, 5.74) is 7.62. The van der Waals surface area contributed by atoms with Crippen molar-refractivity contribution in [2.45, 2.75) is 0 Å². The first-order chi connectivity index (χ1) is 19.7. The van der Waals surface area contributed by atoms with Crippen LogP contribution in [0.25, 0.3) is 60.9 Å².